The van der Waals surface area contributed by atoms with Crippen LogP contribution in [0.5, 0.6) is 0 Å². The zero-order valence-corrected chi connectivity index (χ0v) is 19.0. The van der Waals surface area contributed by atoms with Gasteiger partial charge in [-0.25, -0.2) is 9.18 Å². The molecule has 4 rings (SSSR count). The van der Waals surface area contributed by atoms with Gasteiger partial charge in [-0.15, -0.1) is 10.2 Å². The van der Waals surface area contributed by atoms with Crippen molar-refractivity contribution < 1.29 is 14.0 Å². The van der Waals surface area contributed by atoms with Crippen LogP contribution in [0.2, 0.25) is 0 Å². The Bertz CT molecular complexity index is 1260. The fourth-order valence-corrected chi connectivity index (χ4v) is 4.00. The molecule has 1 heterocycles. The summed E-state index contributed by atoms with van der Waals surface area (Å²) in [4.78, 5) is 24.4. The smallest absolute Gasteiger partial charge is 0.321 e. The number of rotatable bonds is 8. The van der Waals surface area contributed by atoms with E-state index >= 15 is 0 Å². The maximum Gasteiger partial charge on any atom is 0.321 e. The van der Waals surface area contributed by atoms with Crippen LogP contribution < -0.4 is 10.6 Å². The lowest BCUT2D eigenvalue weighted by molar-refractivity contribution is -0.117. The SMILES string of the molecule is O=C(CSc1nnc(-c2ccccc2F)n1Cc1ccccc1)NC(=O)NCc1ccccc1. The number of halogens is 1. The molecule has 3 aromatic carbocycles. The lowest BCUT2D eigenvalue weighted by Crippen LogP contribution is -2.40. The Balaban J connectivity index is 1.43. The predicted molar refractivity (Wildman–Crippen MR) is 129 cm³/mol. The molecule has 3 amide bonds. The molecule has 0 radical (unpaired) electrons. The maximum atomic E-state index is 14.5. The van der Waals surface area contributed by atoms with Crippen LogP contribution >= 0.6 is 11.8 Å². The number of nitrogens with zero attached hydrogens (tertiary/aromatic N) is 3. The molecule has 0 fully saturated rings. The number of carbonyl (C=O) groups is 2. The van der Waals surface area contributed by atoms with Crippen LogP contribution in [0.15, 0.2) is 90.1 Å². The van der Waals surface area contributed by atoms with E-state index in [-0.39, 0.29) is 5.75 Å². The Morgan fingerprint density at radius 2 is 1.50 bits per heavy atom. The van der Waals surface area contributed by atoms with Crippen molar-refractivity contribution in [3.63, 3.8) is 0 Å². The zero-order chi connectivity index (χ0) is 23.8. The molecular weight excluding hydrogens is 453 g/mol. The van der Waals surface area contributed by atoms with Crippen LogP contribution in [-0.2, 0) is 17.9 Å². The molecule has 0 aliphatic rings. The molecule has 0 saturated heterocycles. The number of imide groups is 1. The molecule has 34 heavy (non-hydrogen) atoms. The van der Waals surface area contributed by atoms with E-state index in [0.717, 1.165) is 22.9 Å². The normalized spacial score (nSPS) is 10.6. The second kappa shape index (κ2) is 11.2. The van der Waals surface area contributed by atoms with Crippen LogP contribution in [0.1, 0.15) is 11.1 Å². The van der Waals surface area contributed by atoms with Crippen molar-refractivity contribution in [3.05, 3.63) is 102 Å². The van der Waals surface area contributed by atoms with E-state index in [4.69, 9.17) is 0 Å². The molecule has 0 aliphatic carbocycles. The number of benzene rings is 3. The minimum atomic E-state index is -0.577. The van der Waals surface area contributed by atoms with Crippen molar-refractivity contribution in [1.82, 2.24) is 25.4 Å². The lowest BCUT2D eigenvalue weighted by Gasteiger charge is -2.11. The first-order chi connectivity index (χ1) is 16.6. The Hall–Kier alpha value is -3.98. The van der Waals surface area contributed by atoms with E-state index in [1.165, 1.54) is 6.07 Å². The molecule has 0 aliphatic heterocycles. The Morgan fingerprint density at radius 3 is 2.21 bits per heavy atom. The topological polar surface area (TPSA) is 88.9 Å². The van der Waals surface area contributed by atoms with E-state index in [1.54, 1.807) is 22.8 Å². The molecule has 172 valence electrons. The number of hydrogen-bond acceptors (Lipinski definition) is 5. The van der Waals surface area contributed by atoms with Gasteiger partial charge in [0.2, 0.25) is 5.91 Å². The fraction of sp³-hybridized carbons (Fsp3) is 0.120. The van der Waals surface area contributed by atoms with Crippen LogP contribution in [0.4, 0.5) is 9.18 Å². The largest absolute Gasteiger partial charge is 0.334 e. The highest BCUT2D eigenvalue weighted by Crippen LogP contribution is 2.26. The Kier molecular flexibility index (Phi) is 7.67. The molecule has 1 aromatic heterocycles. The first-order valence-electron chi connectivity index (χ1n) is 10.6. The van der Waals surface area contributed by atoms with Gasteiger partial charge in [0.05, 0.1) is 17.9 Å². The summed E-state index contributed by atoms with van der Waals surface area (Å²) in [6, 6.07) is 24.8. The highest BCUT2D eigenvalue weighted by molar-refractivity contribution is 7.99. The van der Waals surface area contributed by atoms with Gasteiger partial charge in [0, 0.05) is 6.54 Å². The quantitative estimate of drug-likeness (QED) is 0.372. The van der Waals surface area contributed by atoms with Gasteiger partial charge in [-0.05, 0) is 23.3 Å². The summed E-state index contributed by atoms with van der Waals surface area (Å²) in [6.45, 7) is 0.712. The predicted octanol–water partition coefficient (Wildman–Crippen LogP) is 4.25. The van der Waals surface area contributed by atoms with Crippen molar-refractivity contribution in [2.45, 2.75) is 18.2 Å². The summed E-state index contributed by atoms with van der Waals surface area (Å²) < 4.78 is 16.2. The van der Waals surface area contributed by atoms with Crippen LogP contribution in [0, 0.1) is 5.82 Å². The number of urea groups is 1. The summed E-state index contributed by atoms with van der Waals surface area (Å²) in [6.07, 6.45) is 0. The first kappa shape index (κ1) is 23.2. The average Bonchev–Trinajstić information content (AvgIpc) is 3.25. The first-order valence-corrected chi connectivity index (χ1v) is 11.5. The number of nitrogens with one attached hydrogen (secondary N) is 2. The molecule has 4 aromatic rings. The minimum absolute atomic E-state index is 0.0526. The monoisotopic (exact) mass is 475 g/mol. The van der Waals surface area contributed by atoms with E-state index in [1.807, 2.05) is 60.7 Å². The van der Waals surface area contributed by atoms with Crippen LogP contribution in [0.25, 0.3) is 11.4 Å². The van der Waals surface area contributed by atoms with Crippen molar-refractivity contribution in [2.24, 2.45) is 0 Å². The fourth-order valence-electron chi connectivity index (χ4n) is 3.26. The second-order valence-electron chi connectivity index (χ2n) is 7.36. The second-order valence-corrected chi connectivity index (χ2v) is 8.31. The van der Waals surface area contributed by atoms with Crippen molar-refractivity contribution >= 4 is 23.7 Å². The standard InChI is InChI=1S/C25H22FN5O2S/c26-21-14-8-7-13-20(21)23-29-30-25(31(23)16-19-11-5-2-6-12-19)34-17-22(32)28-24(33)27-15-18-9-3-1-4-10-18/h1-14H,15-17H2,(H2,27,28,32,33). The third-order valence-corrected chi connectivity index (χ3v) is 5.86. The van der Waals surface area contributed by atoms with Gasteiger partial charge in [0.15, 0.2) is 11.0 Å². The summed E-state index contributed by atoms with van der Waals surface area (Å²) >= 11 is 1.13. The third-order valence-electron chi connectivity index (χ3n) is 4.90. The summed E-state index contributed by atoms with van der Waals surface area (Å²) in [5, 5.41) is 13.8. The number of carbonyl (C=O) groups excluding carboxylic acids is 2. The number of amides is 3. The van der Waals surface area contributed by atoms with E-state index in [0.29, 0.717) is 29.6 Å². The average molecular weight is 476 g/mol. The molecule has 7 nitrogen and oxygen atoms in total. The molecule has 0 unspecified atom stereocenters. The molecular formula is C25H22FN5O2S. The Morgan fingerprint density at radius 1 is 0.853 bits per heavy atom. The molecule has 9 heteroatoms. The van der Waals surface area contributed by atoms with Gasteiger partial charge >= 0.3 is 6.03 Å². The Labute approximate surface area is 200 Å². The molecule has 0 spiro atoms. The van der Waals surface area contributed by atoms with Crippen molar-refractivity contribution in [1.29, 1.82) is 0 Å². The van der Waals surface area contributed by atoms with Gasteiger partial charge in [-0.2, -0.15) is 0 Å². The van der Waals surface area contributed by atoms with Crippen molar-refractivity contribution in [2.75, 3.05) is 5.75 Å². The van der Waals surface area contributed by atoms with E-state index < -0.39 is 17.8 Å². The van der Waals surface area contributed by atoms with Crippen molar-refractivity contribution in [3.8, 4) is 11.4 Å². The maximum absolute atomic E-state index is 14.5. The third kappa shape index (κ3) is 6.08. The molecule has 0 saturated carbocycles. The molecule has 0 atom stereocenters. The van der Waals surface area contributed by atoms with Gasteiger partial charge in [-0.1, -0.05) is 84.6 Å². The zero-order valence-electron chi connectivity index (χ0n) is 18.1. The van der Waals surface area contributed by atoms with Crippen LogP contribution in [-0.4, -0.2) is 32.5 Å². The van der Waals surface area contributed by atoms with Gasteiger partial charge in [0.25, 0.3) is 0 Å². The van der Waals surface area contributed by atoms with E-state index in [9.17, 15) is 14.0 Å². The number of aromatic nitrogens is 3. The van der Waals surface area contributed by atoms with Gasteiger partial charge in [-0.3, -0.25) is 14.7 Å². The molecule has 2 N–H and O–H groups in total. The lowest BCUT2D eigenvalue weighted by atomic mass is 10.2. The summed E-state index contributed by atoms with van der Waals surface area (Å²) in [7, 11) is 0. The molecule has 0 bridgehead atoms. The van der Waals surface area contributed by atoms with Gasteiger partial charge in [0.1, 0.15) is 5.82 Å². The highest BCUT2D eigenvalue weighted by Gasteiger charge is 2.19. The van der Waals surface area contributed by atoms with E-state index in [2.05, 4.69) is 20.8 Å². The van der Waals surface area contributed by atoms with Crippen LogP contribution in [0.3, 0.4) is 0 Å². The summed E-state index contributed by atoms with van der Waals surface area (Å²) in [5.41, 5.74) is 2.23. The summed E-state index contributed by atoms with van der Waals surface area (Å²) in [5.74, 6) is -0.570. The minimum Gasteiger partial charge on any atom is -0.334 e. The number of hydrogen-bond donors (Lipinski definition) is 2. The highest BCUT2D eigenvalue weighted by atomic mass is 32.2. The number of thioether (sulfide) groups is 1. The van der Waals surface area contributed by atoms with Gasteiger partial charge < -0.3 is 5.32 Å².